The van der Waals surface area contributed by atoms with Crippen LogP contribution in [0.15, 0.2) is 18.2 Å². The second-order valence-electron chi connectivity index (χ2n) is 4.95. The Bertz CT molecular complexity index is 401. The van der Waals surface area contributed by atoms with Gasteiger partial charge in [-0.15, -0.1) is 0 Å². The van der Waals surface area contributed by atoms with Gasteiger partial charge in [0.05, 0.1) is 0 Å². The van der Waals surface area contributed by atoms with Crippen LogP contribution in [0.5, 0.6) is 11.5 Å². The summed E-state index contributed by atoms with van der Waals surface area (Å²) in [6, 6.07) is 6.42. The minimum atomic E-state index is 0.364. The summed E-state index contributed by atoms with van der Waals surface area (Å²) in [5, 5.41) is 3.25. The first-order chi connectivity index (χ1) is 8.38. The van der Waals surface area contributed by atoms with Gasteiger partial charge in [-0.05, 0) is 62.4 Å². The number of fused-ring (bicyclic) bond motifs is 1. The van der Waals surface area contributed by atoms with E-state index >= 15 is 0 Å². The van der Waals surface area contributed by atoms with Gasteiger partial charge in [0.25, 0.3) is 0 Å². The van der Waals surface area contributed by atoms with Gasteiger partial charge in [0.2, 0.25) is 6.79 Å². The molecule has 1 heterocycles. The predicted molar refractivity (Wildman–Crippen MR) is 66.6 cm³/mol. The molecule has 1 aliphatic carbocycles. The van der Waals surface area contributed by atoms with Crippen molar-refractivity contribution in [2.75, 3.05) is 20.4 Å². The summed E-state index contributed by atoms with van der Waals surface area (Å²) < 4.78 is 10.8. The zero-order valence-electron chi connectivity index (χ0n) is 10.2. The summed E-state index contributed by atoms with van der Waals surface area (Å²) in [5.41, 5.74) is 1.41. The normalized spacial score (nSPS) is 19.4. The van der Waals surface area contributed by atoms with Gasteiger partial charge in [-0.3, -0.25) is 0 Å². The van der Waals surface area contributed by atoms with Crippen LogP contribution in [0.2, 0.25) is 0 Å². The third-order valence-corrected chi connectivity index (χ3v) is 3.72. The minimum absolute atomic E-state index is 0.364. The fourth-order valence-corrected chi connectivity index (χ4v) is 2.62. The molecule has 3 heteroatoms. The zero-order valence-corrected chi connectivity index (χ0v) is 10.2. The first kappa shape index (κ1) is 10.9. The van der Waals surface area contributed by atoms with Crippen LogP contribution in [0.1, 0.15) is 30.7 Å². The fourth-order valence-electron chi connectivity index (χ4n) is 2.62. The van der Waals surface area contributed by atoms with Crippen LogP contribution in [0, 0.1) is 5.92 Å². The number of rotatable bonds is 5. The Hall–Kier alpha value is -1.22. The van der Waals surface area contributed by atoms with Gasteiger partial charge in [-0.25, -0.2) is 0 Å². The quantitative estimate of drug-likeness (QED) is 0.847. The van der Waals surface area contributed by atoms with Crippen molar-refractivity contribution in [1.29, 1.82) is 0 Å². The maximum absolute atomic E-state index is 5.46. The van der Waals surface area contributed by atoms with Crippen molar-refractivity contribution in [3.63, 3.8) is 0 Å². The Morgan fingerprint density at radius 1 is 1.29 bits per heavy atom. The standard InChI is InChI=1S/C14H19NO2/c1-15-7-6-12(10-2-3-10)11-4-5-13-14(8-11)17-9-16-13/h4-5,8,10,12,15H,2-3,6-7,9H2,1H3. The lowest BCUT2D eigenvalue weighted by Crippen LogP contribution is -2.13. The Labute approximate surface area is 102 Å². The fraction of sp³-hybridized carbons (Fsp3) is 0.571. The molecular formula is C14H19NO2. The van der Waals surface area contributed by atoms with Crippen molar-refractivity contribution < 1.29 is 9.47 Å². The van der Waals surface area contributed by atoms with Crippen LogP contribution in [0.3, 0.4) is 0 Å². The van der Waals surface area contributed by atoms with E-state index in [9.17, 15) is 0 Å². The highest BCUT2D eigenvalue weighted by atomic mass is 16.7. The molecule has 0 aromatic heterocycles. The molecule has 1 aromatic carbocycles. The molecule has 1 unspecified atom stereocenters. The molecule has 1 aliphatic heterocycles. The molecule has 1 fully saturated rings. The molecule has 0 radical (unpaired) electrons. The second-order valence-corrected chi connectivity index (χ2v) is 4.95. The maximum atomic E-state index is 5.46. The summed E-state index contributed by atoms with van der Waals surface area (Å²) in [6.07, 6.45) is 3.96. The molecule has 1 aromatic rings. The summed E-state index contributed by atoms with van der Waals surface area (Å²) in [7, 11) is 2.02. The Morgan fingerprint density at radius 3 is 2.88 bits per heavy atom. The number of benzene rings is 1. The van der Waals surface area contributed by atoms with E-state index in [1.54, 1.807) is 0 Å². The predicted octanol–water partition coefficient (Wildman–Crippen LogP) is 2.52. The average molecular weight is 233 g/mol. The van der Waals surface area contributed by atoms with Crippen LogP contribution >= 0.6 is 0 Å². The van der Waals surface area contributed by atoms with Gasteiger partial charge < -0.3 is 14.8 Å². The highest BCUT2D eigenvalue weighted by molar-refractivity contribution is 5.45. The van der Waals surface area contributed by atoms with Crippen molar-refractivity contribution in [1.82, 2.24) is 5.32 Å². The highest BCUT2D eigenvalue weighted by Gasteiger charge is 2.32. The molecule has 92 valence electrons. The molecule has 1 N–H and O–H groups in total. The second kappa shape index (κ2) is 4.57. The lowest BCUT2D eigenvalue weighted by molar-refractivity contribution is 0.174. The van der Waals surface area contributed by atoms with Crippen molar-refractivity contribution in [2.24, 2.45) is 5.92 Å². The number of ether oxygens (including phenoxy) is 2. The molecule has 0 bridgehead atoms. The minimum Gasteiger partial charge on any atom is -0.454 e. The monoisotopic (exact) mass is 233 g/mol. The van der Waals surface area contributed by atoms with Gasteiger partial charge in [-0.1, -0.05) is 6.07 Å². The molecule has 2 aliphatic rings. The maximum Gasteiger partial charge on any atom is 0.231 e. The largest absolute Gasteiger partial charge is 0.454 e. The van der Waals surface area contributed by atoms with Gasteiger partial charge in [0, 0.05) is 0 Å². The molecule has 0 amide bonds. The van der Waals surface area contributed by atoms with E-state index in [0.29, 0.717) is 12.7 Å². The number of nitrogens with one attached hydrogen (secondary N) is 1. The van der Waals surface area contributed by atoms with Gasteiger partial charge in [-0.2, -0.15) is 0 Å². The van der Waals surface area contributed by atoms with Gasteiger partial charge in [0.1, 0.15) is 0 Å². The molecule has 3 rings (SSSR count). The van der Waals surface area contributed by atoms with Crippen molar-refractivity contribution in [3.8, 4) is 11.5 Å². The SMILES string of the molecule is CNCCC(c1ccc2c(c1)OCO2)C1CC1. The lowest BCUT2D eigenvalue weighted by atomic mass is 9.91. The van der Waals surface area contributed by atoms with Crippen LogP contribution in [0.25, 0.3) is 0 Å². The van der Waals surface area contributed by atoms with Crippen LogP contribution in [0.4, 0.5) is 0 Å². The molecule has 17 heavy (non-hydrogen) atoms. The number of hydrogen-bond donors (Lipinski definition) is 1. The van der Waals surface area contributed by atoms with E-state index in [1.807, 2.05) is 13.1 Å². The molecule has 3 nitrogen and oxygen atoms in total. The summed E-state index contributed by atoms with van der Waals surface area (Å²) in [4.78, 5) is 0. The van der Waals surface area contributed by atoms with Crippen LogP contribution in [-0.4, -0.2) is 20.4 Å². The van der Waals surface area contributed by atoms with Crippen molar-refractivity contribution >= 4 is 0 Å². The van der Waals surface area contributed by atoms with E-state index < -0.39 is 0 Å². The highest BCUT2D eigenvalue weighted by Crippen LogP contribution is 2.46. The van der Waals surface area contributed by atoms with E-state index in [2.05, 4.69) is 17.4 Å². The Kier molecular flexibility index (Phi) is 2.93. The molecule has 1 atom stereocenters. The van der Waals surface area contributed by atoms with Crippen molar-refractivity contribution in [2.45, 2.75) is 25.2 Å². The smallest absolute Gasteiger partial charge is 0.231 e. The zero-order chi connectivity index (χ0) is 11.7. The van der Waals surface area contributed by atoms with E-state index in [1.165, 1.54) is 24.8 Å². The Balaban J connectivity index is 1.80. The van der Waals surface area contributed by atoms with Crippen LogP contribution < -0.4 is 14.8 Å². The summed E-state index contributed by atoms with van der Waals surface area (Å²) >= 11 is 0. The van der Waals surface area contributed by atoms with E-state index in [-0.39, 0.29) is 0 Å². The molecular weight excluding hydrogens is 214 g/mol. The first-order valence-electron chi connectivity index (χ1n) is 6.42. The third-order valence-electron chi connectivity index (χ3n) is 3.72. The summed E-state index contributed by atoms with van der Waals surface area (Å²) in [5.74, 6) is 3.36. The van der Waals surface area contributed by atoms with E-state index in [0.717, 1.165) is 24.0 Å². The third kappa shape index (κ3) is 2.25. The first-order valence-corrected chi connectivity index (χ1v) is 6.42. The van der Waals surface area contributed by atoms with Gasteiger partial charge in [0.15, 0.2) is 11.5 Å². The van der Waals surface area contributed by atoms with E-state index in [4.69, 9.17) is 9.47 Å². The van der Waals surface area contributed by atoms with Crippen molar-refractivity contribution in [3.05, 3.63) is 23.8 Å². The molecule has 0 spiro atoms. The topological polar surface area (TPSA) is 30.5 Å². The Morgan fingerprint density at radius 2 is 2.12 bits per heavy atom. The molecule has 0 saturated heterocycles. The lowest BCUT2D eigenvalue weighted by Gasteiger charge is -2.17. The summed E-state index contributed by atoms with van der Waals surface area (Å²) in [6.45, 7) is 1.44. The number of hydrogen-bond acceptors (Lipinski definition) is 3. The van der Waals surface area contributed by atoms with Gasteiger partial charge >= 0.3 is 0 Å². The average Bonchev–Trinajstić information content (AvgIpc) is 3.07. The molecule has 1 saturated carbocycles. The van der Waals surface area contributed by atoms with Crippen LogP contribution in [-0.2, 0) is 0 Å².